The van der Waals surface area contributed by atoms with E-state index < -0.39 is 6.10 Å². The lowest BCUT2D eigenvalue weighted by molar-refractivity contribution is -0.155. The summed E-state index contributed by atoms with van der Waals surface area (Å²) in [6.45, 7) is 11.8. The molecule has 0 aliphatic carbocycles. The molecule has 2 aliphatic rings. The van der Waals surface area contributed by atoms with Gasteiger partial charge in [-0.2, -0.15) is 0 Å². The Labute approximate surface area is 193 Å². The van der Waals surface area contributed by atoms with Gasteiger partial charge in [0.1, 0.15) is 18.0 Å². The first-order valence-corrected chi connectivity index (χ1v) is 12.2. The first-order chi connectivity index (χ1) is 15.0. The number of hydrogen-bond acceptors (Lipinski definition) is 6. The summed E-state index contributed by atoms with van der Waals surface area (Å²) in [6, 6.07) is 0. The Morgan fingerprint density at radius 1 is 1.09 bits per heavy atom. The van der Waals surface area contributed by atoms with Gasteiger partial charge in [-0.25, -0.2) is 0 Å². The van der Waals surface area contributed by atoms with Gasteiger partial charge in [0.25, 0.3) is 0 Å². The standard InChI is InChI=1S/C26H42O6/c1-7-12-26(6)16-23-21(32-26)10-8-17(2)13-19(4)22(15-20(5)27)30-25(29)14-18(3)9-11-24(28)31-23/h13,18-19,21-23H,7-12,14-16H2,1-6H3/b17-13+/t18-,19-,21+,22+,23-,26-/m1/s1. The van der Waals surface area contributed by atoms with Crippen molar-refractivity contribution in [1.29, 1.82) is 0 Å². The molecule has 0 unspecified atom stereocenters. The Morgan fingerprint density at radius 3 is 2.47 bits per heavy atom. The minimum absolute atomic E-state index is 0.00306. The zero-order valence-electron chi connectivity index (χ0n) is 20.8. The molecule has 6 atom stereocenters. The van der Waals surface area contributed by atoms with Crippen molar-refractivity contribution >= 4 is 17.7 Å². The van der Waals surface area contributed by atoms with E-state index in [1.165, 1.54) is 6.92 Å². The van der Waals surface area contributed by atoms with E-state index in [0.29, 0.717) is 6.42 Å². The zero-order chi connectivity index (χ0) is 23.9. The van der Waals surface area contributed by atoms with Crippen LogP contribution in [0.2, 0.25) is 0 Å². The summed E-state index contributed by atoms with van der Waals surface area (Å²) in [6.07, 6.45) is 6.77. The van der Waals surface area contributed by atoms with Gasteiger partial charge in [0.2, 0.25) is 0 Å². The monoisotopic (exact) mass is 450 g/mol. The number of ether oxygens (including phenoxy) is 3. The lowest BCUT2D eigenvalue weighted by Crippen LogP contribution is -2.29. The van der Waals surface area contributed by atoms with Crippen molar-refractivity contribution in [3.8, 4) is 0 Å². The number of ketones is 1. The largest absolute Gasteiger partial charge is 0.461 e. The number of esters is 2. The van der Waals surface area contributed by atoms with Gasteiger partial charge in [-0.1, -0.05) is 38.8 Å². The summed E-state index contributed by atoms with van der Waals surface area (Å²) >= 11 is 0. The number of carbonyl (C=O) groups excluding carboxylic acids is 3. The highest BCUT2D eigenvalue weighted by atomic mass is 16.6. The fourth-order valence-electron chi connectivity index (χ4n) is 4.92. The molecule has 0 aromatic carbocycles. The lowest BCUT2D eigenvalue weighted by Gasteiger charge is -2.24. The Morgan fingerprint density at radius 2 is 1.81 bits per heavy atom. The third-order valence-corrected chi connectivity index (χ3v) is 6.63. The van der Waals surface area contributed by atoms with E-state index in [9.17, 15) is 14.4 Å². The first kappa shape index (κ1) is 26.6. The molecule has 0 amide bonds. The van der Waals surface area contributed by atoms with E-state index in [0.717, 1.165) is 37.7 Å². The van der Waals surface area contributed by atoms with Gasteiger partial charge in [0.15, 0.2) is 0 Å². The molecule has 0 N–H and O–H groups in total. The first-order valence-electron chi connectivity index (χ1n) is 12.2. The van der Waals surface area contributed by atoms with Crippen LogP contribution in [0, 0.1) is 11.8 Å². The van der Waals surface area contributed by atoms with Crippen molar-refractivity contribution in [3.05, 3.63) is 11.6 Å². The molecule has 2 heterocycles. The van der Waals surface area contributed by atoms with Gasteiger partial charge in [0.05, 0.1) is 11.7 Å². The summed E-state index contributed by atoms with van der Waals surface area (Å²) in [5.41, 5.74) is 0.888. The fraction of sp³-hybridized carbons (Fsp3) is 0.808. The Bertz CT molecular complexity index is 698. The second-order valence-electron chi connectivity index (χ2n) is 10.3. The molecule has 1 saturated heterocycles. The predicted octanol–water partition coefficient (Wildman–Crippen LogP) is 5.32. The van der Waals surface area contributed by atoms with Crippen molar-refractivity contribution in [2.75, 3.05) is 0 Å². The number of allylic oxidation sites excluding steroid dienone is 1. The number of cyclic esters (lactones) is 1. The number of fused-ring (bicyclic) bond motifs is 1. The third-order valence-electron chi connectivity index (χ3n) is 6.63. The third kappa shape index (κ3) is 8.34. The molecule has 32 heavy (non-hydrogen) atoms. The van der Waals surface area contributed by atoms with Crippen LogP contribution in [0.1, 0.15) is 99.3 Å². The lowest BCUT2D eigenvalue weighted by atomic mass is 9.93. The SMILES string of the molecule is CCC[C@]1(C)C[C@H]2OC(=O)CC[C@@H](C)CC(=O)O[C@@H](CC(C)=O)[C@H](C)/C=C(\C)CC[C@@H]2O1. The molecule has 6 heteroatoms. The van der Waals surface area contributed by atoms with Crippen LogP contribution in [0.25, 0.3) is 0 Å². The van der Waals surface area contributed by atoms with Crippen LogP contribution in [0.5, 0.6) is 0 Å². The Hall–Kier alpha value is -1.69. The molecule has 0 radical (unpaired) electrons. The van der Waals surface area contributed by atoms with Crippen LogP contribution in [-0.2, 0) is 28.6 Å². The molecule has 2 rings (SSSR count). The van der Waals surface area contributed by atoms with E-state index >= 15 is 0 Å². The second-order valence-corrected chi connectivity index (χ2v) is 10.3. The average molecular weight is 451 g/mol. The van der Waals surface area contributed by atoms with Crippen molar-refractivity contribution in [1.82, 2.24) is 0 Å². The molecule has 0 spiro atoms. The predicted molar refractivity (Wildman–Crippen MR) is 123 cm³/mol. The maximum atomic E-state index is 12.6. The molecule has 6 nitrogen and oxygen atoms in total. The van der Waals surface area contributed by atoms with Crippen LogP contribution in [0.3, 0.4) is 0 Å². The van der Waals surface area contributed by atoms with Crippen LogP contribution in [-0.4, -0.2) is 41.6 Å². The van der Waals surface area contributed by atoms with Gasteiger partial charge in [-0.15, -0.1) is 0 Å². The number of carbonyl (C=O) groups is 3. The quantitative estimate of drug-likeness (QED) is 0.426. The van der Waals surface area contributed by atoms with Crippen molar-refractivity contribution in [3.63, 3.8) is 0 Å². The molecule has 182 valence electrons. The molecule has 1 fully saturated rings. The van der Waals surface area contributed by atoms with E-state index in [-0.39, 0.29) is 66.6 Å². The summed E-state index contributed by atoms with van der Waals surface area (Å²) in [5, 5.41) is 0. The maximum absolute atomic E-state index is 12.6. The Balaban J connectivity index is 2.22. The number of hydrogen-bond donors (Lipinski definition) is 0. The van der Waals surface area contributed by atoms with Crippen LogP contribution < -0.4 is 0 Å². The molecule has 0 saturated carbocycles. The summed E-state index contributed by atoms with van der Waals surface area (Å²) in [4.78, 5) is 36.8. The highest BCUT2D eigenvalue weighted by Gasteiger charge is 2.44. The normalized spacial score (nSPS) is 37.1. The van der Waals surface area contributed by atoms with Gasteiger partial charge in [-0.05, 0) is 52.4 Å². The molecule has 2 aliphatic heterocycles. The maximum Gasteiger partial charge on any atom is 0.306 e. The summed E-state index contributed by atoms with van der Waals surface area (Å²) in [7, 11) is 0. The summed E-state index contributed by atoms with van der Waals surface area (Å²) in [5.74, 6) is -0.610. The van der Waals surface area contributed by atoms with Crippen LogP contribution in [0.4, 0.5) is 0 Å². The molecular formula is C26H42O6. The van der Waals surface area contributed by atoms with E-state index in [1.54, 1.807) is 0 Å². The average Bonchev–Trinajstić information content (AvgIpc) is 2.98. The van der Waals surface area contributed by atoms with Crippen molar-refractivity contribution < 1.29 is 28.6 Å². The van der Waals surface area contributed by atoms with Crippen molar-refractivity contribution in [2.45, 2.75) is 123 Å². The molecule has 0 bridgehead atoms. The summed E-state index contributed by atoms with van der Waals surface area (Å²) < 4.78 is 18.0. The minimum atomic E-state index is -0.469. The molecule has 0 aromatic heterocycles. The van der Waals surface area contributed by atoms with Crippen molar-refractivity contribution in [2.24, 2.45) is 11.8 Å². The van der Waals surface area contributed by atoms with Gasteiger partial charge < -0.3 is 14.2 Å². The minimum Gasteiger partial charge on any atom is -0.461 e. The van der Waals surface area contributed by atoms with E-state index in [1.807, 2.05) is 13.8 Å². The fourth-order valence-corrected chi connectivity index (χ4v) is 4.92. The molecule has 0 aromatic rings. The van der Waals surface area contributed by atoms with Gasteiger partial charge >= 0.3 is 11.9 Å². The van der Waals surface area contributed by atoms with E-state index in [2.05, 4.69) is 26.8 Å². The highest BCUT2D eigenvalue weighted by Crippen LogP contribution is 2.38. The number of Topliss-reactive ketones (excluding diaryl/α,β-unsaturated/α-hetero) is 1. The highest BCUT2D eigenvalue weighted by molar-refractivity contribution is 5.77. The Kier molecular flexibility index (Phi) is 9.93. The van der Waals surface area contributed by atoms with Crippen LogP contribution >= 0.6 is 0 Å². The topological polar surface area (TPSA) is 78.9 Å². The van der Waals surface area contributed by atoms with Crippen LogP contribution in [0.15, 0.2) is 11.6 Å². The second kappa shape index (κ2) is 12.0. The van der Waals surface area contributed by atoms with E-state index in [4.69, 9.17) is 14.2 Å². The van der Waals surface area contributed by atoms with Gasteiger partial charge in [-0.3, -0.25) is 14.4 Å². The van der Waals surface area contributed by atoms with Gasteiger partial charge in [0, 0.05) is 31.6 Å². The number of rotatable bonds is 4. The smallest absolute Gasteiger partial charge is 0.306 e. The molecular weight excluding hydrogens is 408 g/mol. The zero-order valence-corrected chi connectivity index (χ0v) is 20.8.